The van der Waals surface area contributed by atoms with Crippen molar-refractivity contribution in [2.75, 3.05) is 0 Å². The maximum absolute atomic E-state index is 11.5. The second-order valence-electron chi connectivity index (χ2n) is 3.13. The summed E-state index contributed by atoms with van der Waals surface area (Å²) in [5.74, 6) is -0.496. The number of nitrogens with zero attached hydrogens (tertiary/aromatic N) is 3. The molecular weight excluding hydrogens is 237 g/mol. The molecule has 6 heteroatoms. The summed E-state index contributed by atoms with van der Waals surface area (Å²) in [5.41, 5.74) is 2.31. The SMILES string of the molecule is Cc1ccc2c(c1)nnn2C(=O)C(Cl)Cl. The van der Waals surface area contributed by atoms with Crippen molar-refractivity contribution in [1.29, 1.82) is 0 Å². The average molecular weight is 244 g/mol. The van der Waals surface area contributed by atoms with Crippen molar-refractivity contribution in [2.45, 2.75) is 11.8 Å². The van der Waals surface area contributed by atoms with Crippen LogP contribution in [-0.4, -0.2) is 25.7 Å². The highest BCUT2D eigenvalue weighted by Crippen LogP contribution is 2.15. The number of carbonyl (C=O) groups is 1. The zero-order valence-corrected chi connectivity index (χ0v) is 9.33. The van der Waals surface area contributed by atoms with Crippen LogP contribution in [-0.2, 0) is 0 Å². The summed E-state index contributed by atoms with van der Waals surface area (Å²) in [7, 11) is 0. The first-order valence-corrected chi connectivity index (χ1v) is 5.11. The Labute approximate surface area is 95.8 Å². The van der Waals surface area contributed by atoms with E-state index in [1.807, 2.05) is 19.1 Å². The minimum absolute atomic E-state index is 0.496. The summed E-state index contributed by atoms with van der Waals surface area (Å²) in [5, 5.41) is 7.56. The van der Waals surface area contributed by atoms with Gasteiger partial charge in [0, 0.05) is 0 Å². The number of carbonyl (C=O) groups excluding carboxylic acids is 1. The lowest BCUT2D eigenvalue weighted by molar-refractivity contribution is 0.0917. The van der Waals surface area contributed by atoms with E-state index in [-0.39, 0.29) is 0 Å². The molecule has 0 N–H and O–H groups in total. The van der Waals surface area contributed by atoms with Gasteiger partial charge in [-0.3, -0.25) is 4.79 Å². The molecule has 1 heterocycles. The summed E-state index contributed by atoms with van der Waals surface area (Å²) in [4.78, 5) is 10.4. The van der Waals surface area contributed by atoms with Gasteiger partial charge in [-0.1, -0.05) is 34.5 Å². The van der Waals surface area contributed by atoms with Crippen LogP contribution < -0.4 is 0 Å². The first kappa shape index (κ1) is 10.4. The third-order valence-electron chi connectivity index (χ3n) is 2.00. The van der Waals surface area contributed by atoms with Gasteiger partial charge in [-0.2, -0.15) is 4.68 Å². The summed E-state index contributed by atoms with van der Waals surface area (Å²) in [6.07, 6.45) is 0. The molecule has 1 aromatic heterocycles. The molecule has 0 atom stereocenters. The van der Waals surface area contributed by atoms with Gasteiger partial charge >= 0.3 is 0 Å². The normalized spacial score (nSPS) is 11.2. The third-order valence-corrected chi connectivity index (χ3v) is 2.37. The fraction of sp³-hybridized carbons (Fsp3) is 0.222. The summed E-state index contributed by atoms with van der Waals surface area (Å²) < 4.78 is 1.11. The number of hydrogen-bond donors (Lipinski definition) is 0. The lowest BCUT2D eigenvalue weighted by Crippen LogP contribution is -2.18. The number of halogens is 2. The van der Waals surface area contributed by atoms with E-state index in [4.69, 9.17) is 23.2 Å². The fourth-order valence-corrected chi connectivity index (χ4v) is 1.47. The Hall–Kier alpha value is -1.13. The van der Waals surface area contributed by atoms with Gasteiger partial charge in [-0.15, -0.1) is 5.10 Å². The standard InChI is InChI=1S/C9H7Cl2N3O/c1-5-2-3-7-6(4-5)12-13-14(7)9(15)8(10)11/h2-4,8H,1H3. The van der Waals surface area contributed by atoms with Crippen LogP contribution in [0.1, 0.15) is 10.4 Å². The van der Waals surface area contributed by atoms with Crippen LogP contribution in [0.25, 0.3) is 11.0 Å². The molecule has 0 fully saturated rings. The van der Waals surface area contributed by atoms with Crippen LogP contribution in [0.3, 0.4) is 0 Å². The number of aromatic nitrogens is 3. The number of fused-ring (bicyclic) bond motifs is 1. The Kier molecular flexibility index (Phi) is 2.63. The zero-order valence-electron chi connectivity index (χ0n) is 7.82. The van der Waals surface area contributed by atoms with Crippen molar-refractivity contribution in [3.8, 4) is 0 Å². The van der Waals surface area contributed by atoms with Crippen LogP contribution in [0.4, 0.5) is 0 Å². The van der Waals surface area contributed by atoms with E-state index in [9.17, 15) is 4.79 Å². The molecule has 15 heavy (non-hydrogen) atoms. The van der Waals surface area contributed by atoms with Gasteiger partial charge in [0.1, 0.15) is 5.52 Å². The van der Waals surface area contributed by atoms with E-state index < -0.39 is 10.7 Å². The zero-order chi connectivity index (χ0) is 11.0. The molecule has 0 aliphatic rings. The van der Waals surface area contributed by atoms with Gasteiger partial charge in [-0.25, -0.2) is 0 Å². The molecule has 0 amide bonds. The maximum Gasteiger partial charge on any atom is 0.282 e. The average Bonchev–Trinajstić information content (AvgIpc) is 2.59. The minimum atomic E-state index is -1.13. The van der Waals surface area contributed by atoms with Crippen LogP contribution >= 0.6 is 23.2 Å². The van der Waals surface area contributed by atoms with Crippen molar-refractivity contribution in [3.63, 3.8) is 0 Å². The first-order valence-electron chi connectivity index (χ1n) is 4.24. The van der Waals surface area contributed by atoms with Crippen molar-refractivity contribution in [3.05, 3.63) is 23.8 Å². The Bertz CT molecular complexity index is 521. The van der Waals surface area contributed by atoms with E-state index >= 15 is 0 Å². The van der Waals surface area contributed by atoms with Crippen LogP contribution in [0.5, 0.6) is 0 Å². The summed E-state index contributed by atoms with van der Waals surface area (Å²) in [6, 6.07) is 5.47. The topological polar surface area (TPSA) is 47.8 Å². The molecule has 0 saturated carbocycles. The highest BCUT2D eigenvalue weighted by molar-refractivity contribution is 6.53. The van der Waals surface area contributed by atoms with E-state index in [0.717, 1.165) is 10.2 Å². The molecule has 0 spiro atoms. The minimum Gasteiger partial charge on any atom is -0.269 e. The molecule has 0 aliphatic heterocycles. The molecule has 0 bridgehead atoms. The van der Waals surface area contributed by atoms with Crippen molar-refractivity contribution in [2.24, 2.45) is 0 Å². The quantitative estimate of drug-likeness (QED) is 0.722. The van der Waals surface area contributed by atoms with Gasteiger partial charge in [0.25, 0.3) is 5.91 Å². The number of rotatable bonds is 1. The van der Waals surface area contributed by atoms with Crippen molar-refractivity contribution < 1.29 is 4.79 Å². The number of alkyl halides is 2. The number of aryl methyl sites for hydroxylation is 1. The highest BCUT2D eigenvalue weighted by Gasteiger charge is 2.18. The highest BCUT2D eigenvalue weighted by atomic mass is 35.5. The molecule has 2 aromatic rings. The van der Waals surface area contributed by atoms with E-state index in [1.54, 1.807) is 6.07 Å². The number of benzene rings is 1. The predicted octanol–water partition coefficient (Wildman–Crippen LogP) is 2.18. The van der Waals surface area contributed by atoms with Crippen LogP contribution in [0.15, 0.2) is 18.2 Å². The van der Waals surface area contributed by atoms with E-state index in [1.165, 1.54) is 0 Å². The monoisotopic (exact) mass is 243 g/mol. The Morgan fingerprint density at radius 3 is 2.87 bits per heavy atom. The van der Waals surface area contributed by atoms with E-state index in [2.05, 4.69) is 10.3 Å². The second kappa shape index (κ2) is 3.79. The Morgan fingerprint density at radius 2 is 2.20 bits per heavy atom. The molecule has 0 unspecified atom stereocenters. The van der Waals surface area contributed by atoms with Gasteiger partial charge in [0.05, 0.1) is 5.52 Å². The van der Waals surface area contributed by atoms with Gasteiger partial charge in [0.15, 0.2) is 4.84 Å². The maximum atomic E-state index is 11.5. The lowest BCUT2D eigenvalue weighted by atomic mass is 10.2. The molecule has 0 aliphatic carbocycles. The van der Waals surface area contributed by atoms with Gasteiger partial charge in [0.2, 0.25) is 0 Å². The predicted molar refractivity (Wildman–Crippen MR) is 58.4 cm³/mol. The molecule has 0 saturated heterocycles. The van der Waals surface area contributed by atoms with Gasteiger partial charge < -0.3 is 0 Å². The van der Waals surface area contributed by atoms with Crippen LogP contribution in [0.2, 0.25) is 0 Å². The third kappa shape index (κ3) is 1.82. The molecule has 1 aromatic carbocycles. The molecule has 78 valence electrons. The summed E-state index contributed by atoms with van der Waals surface area (Å²) >= 11 is 11.0. The first-order chi connectivity index (χ1) is 7.09. The van der Waals surface area contributed by atoms with E-state index in [0.29, 0.717) is 11.0 Å². The second-order valence-corrected chi connectivity index (χ2v) is 4.23. The Morgan fingerprint density at radius 1 is 1.47 bits per heavy atom. The Balaban J connectivity index is 2.59. The molecule has 2 rings (SSSR count). The molecule has 4 nitrogen and oxygen atoms in total. The van der Waals surface area contributed by atoms with Crippen molar-refractivity contribution in [1.82, 2.24) is 15.0 Å². The lowest BCUT2D eigenvalue weighted by Gasteiger charge is -2.00. The number of hydrogen-bond acceptors (Lipinski definition) is 3. The molecular formula is C9H7Cl2N3O. The molecule has 0 radical (unpaired) electrons. The smallest absolute Gasteiger partial charge is 0.269 e. The fourth-order valence-electron chi connectivity index (χ4n) is 1.29. The summed E-state index contributed by atoms with van der Waals surface area (Å²) in [6.45, 7) is 1.94. The largest absolute Gasteiger partial charge is 0.282 e. The van der Waals surface area contributed by atoms with Gasteiger partial charge in [-0.05, 0) is 24.6 Å². The van der Waals surface area contributed by atoms with Crippen molar-refractivity contribution >= 4 is 40.1 Å². The van der Waals surface area contributed by atoms with Crippen LogP contribution in [0, 0.1) is 6.92 Å².